The first kappa shape index (κ1) is 18.2. The van der Waals surface area contributed by atoms with Crippen molar-refractivity contribution in [1.82, 2.24) is 15.5 Å². The summed E-state index contributed by atoms with van der Waals surface area (Å²) in [6, 6.07) is 11.0. The predicted molar refractivity (Wildman–Crippen MR) is 99.2 cm³/mol. The molecule has 2 amide bonds. The van der Waals surface area contributed by atoms with Gasteiger partial charge in [0, 0.05) is 32.2 Å². The highest BCUT2D eigenvalue weighted by molar-refractivity contribution is 5.73. The van der Waals surface area contributed by atoms with Crippen LogP contribution in [0, 0.1) is 5.92 Å². The predicted octanol–water partition coefficient (Wildman–Crippen LogP) is 2.50. The number of hydrogen-bond donors (Lipinski definition) is 3. The van der Waals surface area contributed by atoms with Gasteiger partial charge >= 0.3 is 6.03 Å². The second-order valence-electron chi connectivity index (χ2n) is 7.83. The Labute approximate surface area is 150 Å². The smallest absolute Gasteiger partial charge is 0.314 e. The molecule has 2 atom stereocenters. The lowest BCUT2D eigenvalue weighted by Crippen LogP contribution is -2.43. The topological polar surface area (TPSA) is 64.6 Å². The minimum atomic E-state index is -0.522. The average Bonchev–Trinajstić information content (AvgIpc) is 2.92. The van der Waals surface area contributed by atoms with E-state index in [-0.39, 0.29) is 6.03 Å². The van der Waals surface area contributed by atoms with E-state index in [1.54, 1.807) is 0 Å². The van der Waals surface area contributed by atoms with Crippen molar-refractivity contribution in [1.29, 1.82) is 0 Å². The number of amides is 2. The first-order valence-electron chi connectivity index (χ1n) is 9.56. The third-order valence-electron chi connectivity index (χ3n) is 5.73. The lowest BCUT2D eigenvalue weighted by Gasteiger charge is -2.36. The fourth-order valence-electron chi connectivity index (χ4n) is 3.95. The molecule has 2 fully saturated rings. The van der Waals surface area contributed by atoms with Gasteiger partial charge in [0.2, 0.25) is 0 Å². The Morgan fingerprint density at radius 3 is 2.72 bits per heavy atom. The van der Waals surface area contributed by atoms with Gasteiger partial charge in [-0.15, -0.1) is 0 Å². The maximum atomic E-state index is 11.9. The third kappa shape index (κ3) is 5.19. The molecule has 0 radical (unpaired) electrons. The Kier molecular flexibility index (Phi) is 5.97. The number of hydrogen-bond acceptors (Lipinski definition) is 3. The molecule has 0 bridgehead atoms. The molecule has 3 rings (SSSR count). The standard InChI is InChI=1S/C20H31N3O2/c1-16-12-18(15-23(16)14-17-6-3-2-4-7-17)13-22-19(24)21-11-10-20(25)8-5-9-20/h2-4,6-7,16,18,25H,5,8-15H2,1H3,(H2,21,22,24)/t16-,18-/m1/s1. The number of nitrogens with one attached hydrogen (secondary N) is 2. The largest absolute Gasteiger partial charge is 0.390 e. The normalized spacial score (nSPS) is 25.4. The van der Waals surface area contributed by atoms with Gasteiger partial charge in [0.1, 0.15) is 0 Å². The van der Waals surface area contributed by atoms with Gasteiger partial charge in [-0.05, 0) is 50.5 Å². The first-order chi connectivity index (χ1) is 12.0. The molecule has 1 aromatic carbocycles. The van der Waals surface area contributed by atoms with Crippen molar-refractivity contribution in [2.45, 2.75) is 57.2 Å². The summed E-state index contributed by atoms with van der Waals surface area (Å²) < 4.78 is 0. The second-order valence-corrected chi connectivity index (χ2v) is 7.83. The van der Waals surface area contributed by atoms with Crippen LogP contribution in [0.5, 0.6) is 0 Å². The number of likely N-dealkylation sites (tertiary alicyclic amines) is 1. The van der Waals surface area contributed by atoms with Gasteiger partial charge in [-0.1, -0.05) is 30.3 Å². The second kappa shape index (κ2) is 8.19. The zero-order chi connectivity index (χ0) is 17.7. The molecule has 3 N–H and O–H groups in total. The monoisotopic (exact) mass is 345 g/mol. The molecule has 1 heterocycles. The van der Waals surface area contributed by atoms with Gasteiger partial charge in [-0.3, -0.25) is 4.90 Å². The quantitative estimate of drug-likeness (QED) is 0.711. The van der Waals surface area contributed by atoms with Gasteiger partial charge in [0.25, 0.3) is 0 Å². The zero-order valence-corrected chi connectivity index (χ0v) is 15.2. The van der Waals surface area contributed by atoms with Crippen molar-refractivity contribution in [2.75, 3.05) is 19.6 Å². The number of aliphatic hydroxyl groups is 1. The van der Waals surface area contributed by atoms with E-state index >= 15 is 0 Å². The Morgan fingerprint density at radius 1 is 1.28 bits per heavy atom. The van der Waals surface area contributed by atoms with Crippen molar-refractivity contribution in [3.05, 3.63) is 35.9 Å². The summed E-state index contributed by atoms with van der Waals surface area (Å²) in [4.78, 5) is 14.4. The van der Waals surface area contributed by atoms with Gasteiger partial charge < -0.3 is 15.7 Å². The van der Waals surface area contributed by atoms with E-state index in [1.165, 1.54) is 5.56 Å². The number of carbonyl (C=O) groups excluding carboxylic acids is 1. The maximum absolute atomic E-state index is 11.9. The summed E-state index contributed by atoms with van der Waals surface area (Å²) in [5.74, 6) is 0.500. The van der Waals surface area contributed by atoms with E-state index in [1.807, 2.05) is 6.07 Å². The Morgan fingerprint density at radius 2 is 2.04 bits per heavy atom. The average molecular weight is 345 g/mol. The molecule has 5 heteroatoms. The van der Waals surface area contributed by atoms with Crippen LogP contribution in [0.4, 0.5) is 4.79 Å². The Hall–Kier alpha value is -1.59. The van der Waals surface area contributed by atoms with Crippen LogP contribution in [-0.2, 0) is 6.54 Å². The van der Waals surface area contributed by atoms with Crippen LogP contribution in [0.2, 0.25) is 0 Å². The minimum absolute atomic E-state index is 0.114. The lowest BCUT2D eigenvalue weighted by atomic mass is 9.78. The SMILES string of the molecule is C[C@@H]1C[C@H](CNC(=O)NCCC2(O)CCC2)CN1Cc1ccccc1. The minimum Gasteiger partial charge on any atom is -0.390 e. The van der Waals surface area contributed by atoms with E-state index in [0.717, 1.165) is 38.8 Å². The van der Waals surface area contributed by atoms with Gasteiger partial charge in [0.15, 0.2) is 0 Å². The molecule has 0 aromatic heterocycles. The van der Waals surface area contributed by atoms with Crippen molar-refractivity contribution >= 4 is 6.03 Å². The van der Waals surface area contributed by atoms with E-state index in [2.05, 4.69) is 46.7 Å². The molecule has 0 spiro atoms. The third-order valence-corrected chi connectivity index (χ3v) is 5.73. The number of urea groups is 1. The van der Waals surface area contributed by atoms with Crippen molar-refractivity contribution in [3.63, 3.8) is 0 Å². The molecule has 1 aliphatic heterocycles. The fourth-order valence-corrected chi connectivity index (χ4v) is 3.95. The van der Waals surface area contributed by atoms with Crippen LogP contribution in [0.25, 0.3) is 0 Å². The highest BCUT2D eigenvalue weighted by Crippen LogP contribution is 2.34. The van der Waals surface area contributed by atoms with Gasteiger partial charge in [0.05, 0.1) is 5.60 Å². The Bertz CT molecular complexity index is 559. The lowest BCUT2D eigenvalue weighted by molar-refractivity contribution is -0.0389. The van der Waals surface area contributed by atoms with E-state index in [4.69, 9.17) is 0 Å². The number of carbonyl (C=O) groups is 1. The maximum Gasteiger partial charge on any atom is 0.314 e. The fraction of sp³-hybridized carbons (Fsp3) is 0.650. The van der Waals surface area contributed by atoms with Crippen LogP contribution in [0.1, 0.15) is 44.6 Å². The molecule has 138 valence electrons. The van der Waals surface area contributed by atoms with Crippen LogP contribution in [0.3, 0.4) is 0 Å². The number of benzene rings is 1. The summed E-state index contributed by atoms with van der Waals surface area (Å²) in [6.07, 6.45) is 4.61. The molecule has 1 aliphatic carbocycles. The first-order valence-corrected chi connectivity index (χ1v) is 9.56. The highest BCUT2D eigenvalue weighted by atomic mass is 16.3. The van der Waals surface area contributed by atoms with E-state index in [0.29, 0.717) is 31.5 Å². The van der Waals surface area contributed by atoms with Gasteiger partial charge in [-0.2, -0.15) is 0 Å². The molecular weight excluding hydrogens is 314 g/mol. The molecule has 0 unspecified atom stereocenters. The van der Waals surface area contributed by atoms with Gasteiger partial charge in [-0.25, -0.2) is 4.79 Å². The summed E-state index contributed by atoms with van der Waals surface area (Å²) in [6.45, 7) is 5.52. The zero-order valence-electron chi connectivity index (χ0n) is 15.2. The van der Waals surface area contributed by atoms with Crippen molar-refractivity contribution < 1.29 is 9.90 Å². The highest BCUT2D eigenvalue weighted by Gasteiger charge is 2.33. The number of rotatable bonds is 7. The van der Waals surface area contributed by atoms with Crippen LogP contribution in [0.15, 0.2) is 30.3 Å². The summed E-state index contributed by atoms with van der Waals surface area (Å²) >= 11 is 0. The van der Waals surface area contributed by atoms with Crippen molar-refractivity contribution in [3.8, 4) is 0 Å². The molecule has 1 saturated heterocycles. The van der Waals surface area contributed by atoms with Crippen LogP contribution in [-0.4, -0.2) is 47.3 Å². The van der Waals surface area contributed by atoms with Crippen molar-refractivity contribution in [2.24, 2.45) is 5.92 Å². The molecule has 1 aromatic rings. The molecular formula is C20H31N3O2. The number of nitrogens with zero attached hydrogens (tertiary/aromatic N) is 1. The molecule has 1 saturated carbocycles. The summed E-state index contributed by atoms with van der Waals surface area (Å²) in [5.41, 5.74) is 0.821. The van der Waals surface area contributed by atoms with Crippen LogP contribution < -0.4 is 10.6 Å². The van der Waals surface area contributed by atoms with E-state index in [9.17, 15) is 9.90 Å². The van der Waals surface area contributed by atoms with E-state index < -0.39 is 5.60 Å². The summed E-state index contributed by atoms with van der Waals surface area (Å²) in [5, 5.41) is 15.9. The van der Waals surface area contributed by atoms with Crippen LogP contribution >= 0.6 is 0 Å². The summed E-state index contributed by atoms with van der Waals surface area (Å²) in [7, 11) is 0. The molecule has 5 nitrogen and oxygen atoms in total. The Balaban J connectivity index is 1.34. The molecule has 25 heavy (non-hydrogen) atoms. The molecule has 2 aliphatic rings.